The molecule has 0 amide bonds. The Bertz CT molecular complexity index is 1400. The Labute approximate surface area is 223 Å². The van der Waals surface area contributed by atoms with Crippen LogP contribution in [0.4, 0.5) is 0 Å². The molecular weight excluding hydrogens is 531 g/mol. The molecule has 0 heterocycles. The summed E-state index contributed by atoms with van der Waals surface area (Å²) in [7, 11) is 17.2. The molecule has 4 heteroatoms. The molecule has 179 valence electrons. The molecular formula is C32H29Cl2SiTi. The molecule has 0 saturated carbocycles. The first-order valence-corrected chi connectivity index (χ1v) is 23.1. The van der Waals surface area contributed by atoms with Crippen LogP contribution in [0.1, 0.15) is 44.5 Å². The fraction of sp³-hybridized carbons (Fsp3) is 0.125. The van der Waals surface area contributed by atoms with E-state index in [1.807, 2.05) is 0 Å². The third kappa shape index (κ3) is 3.60. The summed E-state index contributed by atoms with van der Waals surface area (Å²) in [5, 5.41) is 2.67. The quantitative estimate of drug-likeness (QED) is 0.218. The zero-order chi connectivity index (χ0) is 24.9. The fourth-order valence-corrected chi connectivity index (χ4v) is 42.3. The van der Waals surface area contributed by atoms with Crippen molar-refractivity contribution >= 4 is 47.8 Å². The van der Waals surface area contributed by atoms with Crippen LogP contribution in [0.15, 0.2) is 120 Å². The summed E-state index contributed by atoms with van der Waals surface area (Å²) >= 11 is -4.71. The predicted molar refractivity (Wildman–Crippen MR) is 157 cm³/mol. The molecule has 0 aliphatic heterocycles. The van der Waals surface area contributed by atoms with Crippen LogP contribution in [0.3, 0.4) is 0 Å². The molecule has 0 aromatic heterocycles. The van der Waals surface area contributed by atoms with E-state index in [0.29, 0.717) is 0 Å². The van der Waals surface area contributed by atoms with Crippen LogP contribution in [0.25, 0.3) is 12.2 Å². The third-order valence-corrected chi connectivity index (χ3v) is 37.3. The number of allylic oxidation sites excluding steroid dienone is 2. The van der Waals surface area contributed by atoms with Crippen LogP contribution < -0.4 is 10.4 Å². The van der Waals surface area contributed by atoms with E-state index in [2.05, 4.69) is 135 Å². The topological polar surface area (TPSA) is 0 Å². The maximum absolute atomic E-state index is 8.62. The van der Waals surface area contributed by atoms with Gasteiger partial charge in [-0.2, -0.15) is 0 Å². The van der Waals surface area contributed by atoms with Crippen LogP contribution in [-0.4, -0.2) is 6.66 Å². The first kappa shape index (κ1) is 24.2. The van der Waals surface area contributed by atoms with Crippen molar-refractivity contribution in [3.05, 3.63) is 143 Å². The zero-order valence-corrected chi connectivity index (χ0v) is 24.8. The average Bonchev–Trinajstić information content (AvgIpc) is 3.42. The Balaban J connectivity index is 1.73. The molecule has 0 spiro atoms. The van der Waals surface area contributed by atoms with Gasteiger partial charge in [-0.25, -0.2) is 0 Å². The van der Waals surface area contributed by atoms with Crippen molar-refractivity contribution in [1.29, 1.82) is 0 Å². The third-order valence-electron chi connectivity index (χ3n) is 8.21. The Morgan fingerprint density at radius 2 is 0.889 bits per heavy atom. The monoisotopic (exact) mass is 559 g/mol. The Hall–Kier alpha value is -2.13. The van der Waals surface area contributed by atoms with E-state index in [1.54, 1.807) is 0 Å². The van der Waals surface area contributed by atoms with Crippen molar-refractivity contribution in [1.82, 2.24) is 0 Å². The second-order valence-corrected chi connectivity index (χ2v) is 36.8. The van der Waals surface area contributed by atoms with Gasteiger partial charge in [-0.1, -0.05) is 0 Å². The van der Waals surface area contributed by atoms with Crippen molar-refractivity contribution in [3.8, 4) is 0 Å². The van der Waals surface area contributed by atoms with Crippen LogP contribution in [-0.2, 0) is 12.4 Å². The fourth-order valence-electron chi connectivity index (χ4n) is 7.04. The van der Waals surface area contributed by atoms with E-state index in [0.717, 1.165) is 0 Å². The molecule has 36 heavy (non-hydrogen) atoms. The minimum absolute atomic E-state index is 0.0399. The molecule has 4 aromatic rings. The normalized spacial score (nSPS) is 19.8. The van der Waals surface area contributed by atoms with Crippen molar-refractivity contribution in [3.63, 3.8) is 0 Å². The number of rotatable bonds is 5. The summed E-state index contributed by atoms with van der Waals surface area (Å²) in [5.41, 5.74) is 7.74. The minimum atomic E-state index is -4.71. The summed E-state index contributed by atoms with van der Waals surface area (Å²) in [4.78, 5) is 0. The number of hydrogen-bond acceptors (Lipinski definition) is 0. The Kier molecular flexibility index (Phi) is 6.06. The van der Waals surface area contributed by atoms with Gasteiger partial charge in [-0.3, -0.25) is 0 Å². The average molecular weight is 560 g/mol. The molecule has 2 aliphatic rings. The summed E-state index contributed by atoms with van der Waals surface area (Å²) in [6.45, 7) is 2.34. The summed E-state index contributed by atoms with van der Waals surface area (Å²) < 4.78 is 0.0798. The molecule has 0 fully saturated rings. The summed E-state index contributed by atoms with van der Waals surface area (Å²) in [6, 6.07) is 39.4. The van der Waals surface area contributed by atoms with E-state index in [9.17, 15) is 0 Å². The van der Waals surface area contributed by atoms with E-state index in [4.69, 9.17) is 18.6 Å². The second kappa shape index (κ2) is 9.01. The van der Waals surface area contributed by atoms with Gasteiger partial charge in [-0.05, 0) is 0 Å². The zero-order valence-electron chi connectivity index (χ0n) is 20.5. The van der Waals surface area contributed by atoms with Gasteiger partial charge in [-0.15, -0.1) is 0 Å². The van der Waals surface area contributed by atoms with Crippen LogP contribution in [0, 0.1) is 0 Å². The molecule has 2 aliphatic carbocycles. The molecule has 0 N–H and O–H groups in total. The van der Waals surface area contributed by atoms with Gasteiger partial charge >= 0.3 is 225 Å². The molecule has 0 saturated heterocycles. The van der Waals surface area contributed by atoms with Crippen molar-refractivity contribution in [2.75, 3.05) is 0 Å². The SMILES string of the molecule is CC1=Cc2ccccc2[CH]1[Ti]([Cl])([Cl])([CH]1C(C)=Cc2ccccc21)[SiH](c1ccccc1)c1ccccc1. The molecule has 0 nitrogen and oxygen atoms in total. The number of hydrogen-bond donors (Lipinski definition) is 0. The van der Waals surface area contributed by atoms with Crippen LogP contribution in [0.2, 0.25) is 0 Å². The molecule has 2 unspecified atom stereocenters. The van der Waals surface area contributed by atoms with Crippen LogP contribution >= 0.6 is 18.6 Å². The second-order valence-electron chi connectivity index (χ2n) is 10.4. The van der Waals surface area contributed by atoms with Crippen molar-refractivity contribution in [2.45, 2.75) is 22.3 Å². The van der Waals surface area contributed by atoms with Crippen molar-refractivity contribution in [2.24, 2.45) is 0 Å². The number of benzene rings is 4. The van der Waals surface area contributed by atoms with Crippen LogP contribution in [0.5, 0.6) is 0 Å². The van der Waals surface area contributed by atoms with E-state index >= 15 is 0 Å². The predicted octanol–water partition coefficient (Wildman–Crippen LogP) is 7.84. The molecule has 6 rings (SSSR count). The number of halogens is 2. The van der Waals surface area contributed by atoms with Crippen molar-refractivity contribution < 1.29 is 12.4 Å². The first-order valence-electron chi connectivity index (χ1n) is 12.6. The van der Waals surface area contributed by atoms with Gasteiger partial charge in [0.15, 0.2) is 0 Å². The summed E-state index contributed by atoms with van der Waals surface area (Å²) in [5.74, 6) is 0. The first-order chi connectivity index (χ1) is 17.4. The van der Waals surface area contributed by atoms with Gasteiger partial charge in [0.1, 0.15) is 0 Å². The van der Waals surface area contributed by atoms with Gasteiger partial charge in [0, 0.05) is 0 Å². The number of fused-ring (bicyclic) bond motifs is 2. The maximum atomic E-state index is 8.62. The standard InChI is InChI=1S/C12H11Si.2C10H9.2ClH.Ti/c1-3-7-11(8-4-1)13-12-9-5-2-6-10-12;2*1-8-6-9-4-2-3-5-10(9)7-8;;;/h1-10,13H;2*2-7H,1H3;2*1H;/q;;;;;+2/p-2. The molecule has 4 aromatic carbocycles. The van der Waals surface area contributed by atoms with E-state index in [-0.39, 0.29) is 8.45 Å². The molecule has 0 radical (unpaired) electrons. The van der Waals surface area contributed by atoms with E-state index in [1.165, 1.54) is 43.8 Å². The molecule has 2 atom stereocenters. The summed E-state index contributed by atoms with van der Waals surface area (Å²) in [6.07, 6.45) is 4.66. The van der Waals surface area contributed by atoms with Gasteiger partial charge < -0.3 is 0 Å². The van der Waals surface area contributed by atoms with Gasteiger partial charge in [0.05, 0.1) is 0 Å². The Morgan fingerprint density at radius 3 is 1.31 bits per heavy atom. The van der Waals surface area contributed by atoms with Gasteiger partial charge in [0.25, 0.3) is 0 Å². The molecule has 0 bridgehead atoms. The Morgan fingerprint density at radius 1 is 0.528 bits per heavy atom. The van der Waals surface area contributed by atoms with E-state index < -0.39 is 19.1 Å². The van der Waals surface area contributed by atoms with Gasteiger partial charge in [0.2, 0.25) is 0 Å².